The maximum atomic E-state index is 12.7. The smallest absolute Gasteiger partial charge is 0.197 e. The minimum Gasteiger partial charge on any atom is -0.380 e. The molecule has 3 aromatic rings. The van der Waals surface area contributed by atoms with Gasteiger partial charge in [0.05, 0.1) is 0 Å². The summed E-state index contributed by atoms with van der Waals surface area (Å²) in [4.78, 5) is 12.7. The van der Waals surface area contributed by atoms with E-state index < -0.39 is 6.10 Å². The molecule has 0 fully saturated rings. The van der Waals surface area contributed by atoms with Crippen molar-refractivity contribution in [3.8, 4) is 5.69 Å². The van der Waals surface area contributed by atoms with Gasteiger partial charge in [0.2, 0.25) is 0 Å². The third-order valence-corrected chi connectivity index (χ3v) is 4.67. The second-order valence-corrected chi connectivity index (χ2v) is 6.69. The maximum absolute atomic E-state index is 12.7. The Morgan fingerprint density at radius 2 is 1.67 bits per heavy atom. The Hall–Kier alpha value is -2.17. The molecule has 1 atom stereocenters. The van der Waals surface area contributed by atoms with E-state index in [1.165, 1.54) is 0 Å². The average molecular weight is 384 g/mol. The molecule has 4 heteroatoms. The number of aliphatic hydroxyl groups is 1. The van der Waals surface area contributed by atoms with Crippen molar-refractivity contribution < 1.29 is 9.90 Å². The van der Waals surface area contributed by atoms with Crippen molar-refractivity contribution in [1.82, 2.24) is 4.57 Å². The molecular formula is C20H18BrNO2. The summed E-state index contributed by atoms with van der Waals surface area (Å²) in [6, 6.07) is 18.8. The number of aliphatic hydroxyl groups excluding tert-OH is 1. The van der Waals surface area contributed by atoms with Crippen LogP contribution in [0.2, 0.25) is 0 Å². The van der Waals surface area contributed by atoms with Crippen LogP contribution in [0.1, 0.15) is 33.4 Å². The Balaban J connectivity index is 1.99. The standard InChI is InChI=1S/C20H18BrNO2/c1-13-12-18(20(24)19(23)15-6-4-3-5-7-15)14(2)22(13)17-10-8-16(21)9-11-17/h3-12,19,23H,1-2H3. The number of benzene rings is 2. The predicted molar refractivity (Wildman–Crippen MR) is 98.7 cm³/mol. The largest absolute Gasteiger partial charge is 0.380 e. The van der Waals surface area contributed by atoms with E-state index in [9.17, 15) is 9.90 Å². The topological polar surface area (TPSA) is 42.2 Å². The van der Waals surface area contributed by atoms with Crippen LogP contribution >= 0.6 is 15.9 Å². The molecule has 1 heterocycles. The Bertz CT molecular complexity index is 867. The van der Waals surface area contributed by atoms with E-state index in [-0.39, 0.29) is 5.78 Å². The van der Waals surface area contributed by atoms with E-state index in [1.807, 2.05) is 66.9 Å². The molecular weight excluding hydrogens is 366 g/mol. The lowest BCUT2D eigenvalue weighted by Crippen LogP contribution is -2.13. The van der Waals surface area contributed by atoms with E-state index in [1.54, 1.807) is 12.1 Å². The number of halogens is 1. The van der Waals surface area contributed by atoms with Crippen molar-refractivity contribution in [2.24, 2.45) is 0 Å². The molecule has 122 valence electrons. The number of aryl methyl sites for hydroxylation is 1. The third kappa shape index (κ3) is 3.07. The maximum Gasteiger partial charge on any atom is 0.197 e. The molecule has 0 aliphatic rings. The second-order valence-electron chi connectivity index (χ2n) is 5.77. The fourth-order valence-corrected chi connectivity index (χ4v) is 3.20. The Morgan fingerprint density at radius 3 is 2.29 bits per heavy atom. The normalized spacial score (nSPS) is 12.2. The van der Waals surface area contributed by atoms with Crippen molar-refractivity contribution >= 4 is 21.7 Å². The summed E-state index contributed by atoms with van der Waals surface area (Å²) in [7, 11) is 0. The minimum absolute atomic E-state index is 0.280. The lowest BCUT2D eigenvalue weighted by atomic mass is 10.0. The molecule has 0 radical (unpaired) electrons. The van der Waals surface area contributed by atoms with Gasteiger partial charge in [-0.1, -0.05) is 46.3 Å². The predicted octanol–water partition coefficient (Wildman–Crippen LogP) is 4.77. The van der Waals surface area contributed by atoms with Gasteiger partial charge in [0.25, 0.3) is 0 Å². The molecule has 3 rings (SSSR count). The summed E-state index contributed by atoms with van der Waals surface area (Å²) >= 11 is 3.43. The van der Waals surface area contributed by atoms with E-state index in [2.05, 4.69) is 15.9 Å². The number of rotatable bonds is 4. The Morgan fingerprint density at radius 1 is 1.04 bits per heavy atom. The van der Waals surface area contributed by atoms with Gasteiger partial charge < -0.3 is 9.67 Å². The zero-order valence-corrected chi connectivity index (χ0v) is 15.1. The van der Waals surface area contributed by atoms with Crippen LogP contribution in [-0.4, -0.2) is 15.5 Å². The van der Waals surface area contributed by atoms with Crippen LogP contribution in [0.3, 0.4) is 0 Å². The highest BCUT2D eigenvalue weighted by atomic mass is 79.9. The van der Waals surface area contributed by atoms with Crippen LogP contribution in [0.5, 0.6) is 0 Å². The summed E-state index contributed by atoms with van der Waals surface area (Å²) in [5.74, 6) is -0.280. The van der Waals surface area contributed by atoms with Gasteiger partial charge in [-0.2, -0.15) is 0 Å². The van der Waals surface area contributed by atoms with Gasteiger partial charge in [-0.3, -0.25) is 4.79 Å². The number of hydrogen-bond donors (Lipinski definition) is 1. The molecule has 0 saturated heterocycles. The molecule has 1 unspecified atom stereocenters. The number of carbonyl (C=O) groups is 1. The fraction of sp³-hybridized carbons (Fsp3) is 0.150. The Kier molecular flexibility index (Phi) is 4.69. The second kappa shape index (κ2) is 6.75. The lowest BCUT2D eigenvalue weighted by molar-refractivity contribution is 0.0747. The number of carbonyl (C=O) groups excluding carboxylic acids is 1. The van der Waals surface area contributed by atoms with E-state index in [0.29, 0.717) is 11.1 Å². The molecule has 2 aromatic carbocycles. The fourth-order valence-electron chi connectivity index (χ4n) is 2.93. The monoisotopic (exact) mass is 383 g/mol. The zero-order valence-electron chi connectivity index (χ0n) is 13.5. The van der Waals surface area contributed by atoms with Gasteiger partial charge in [0, 0.05) is 27.1 Å². The molecule has 0 saturated carbocycles. The summed E-state index contributed by atoms with van der Waals surface area (Å²) in [6.45, 7) is 3.86. The van der Waals surface area contributed by atoms with Crippen LogP contribution < -0.4 is 0 Å². The van der Waals surface area contributed by atoms with Gasteiger partial charge in [0.1, 0.15) is 6.10 Å². The lowest BCUT2D eigenvalue weighted by Gasteiger charge is -2.12. The number of nitrogens with zero attached hydrogens (tertiary/aromatic N) is 1. The van der Waals surface area contributed by atoms with Gasteiger partial charge in [-0.25, -0.2) is 0 Å². The SMILES string of the molecule is Cc1cc(C(=O)C(O)c2ccccc2)c(C)n1-c1ccc(Br)cc1. The number of aromatic nitrogens is 1. The highest BCUT2D eigenvalue weighted by molar-refractivity contribution is 9.10. The van der Waals surface area contributed by atoms with Crippen molar-refractivity contribution in [1.29, 1.82) is 0 Å². The van der Waals surface area contributed by atoms with Crippen LogP contribution in [0.4, 0.5) is 0 Å². The van der Waals surface area contributed by atoms with Gasteiger partial charge in [-0.05, 0) is 49.7 Å². The molecule has 0 aliphatic carbocycles. The number of hydrogen-bond acceptors (Lipinski definition) is 2. The molecule has 0 bridgehead atoms. The molecule has 1 N–H and O–H groups in total. The summed E-state index contributed by atoms with van der Waals surface area (Å²) in [5.41, 5.74) is 3.93. The first kappa shape index (κ1) is 16.7. The highest BCUT2D eigenvalue weighted by Crippen LogP contribution is 2.26. The first-order chi connectivity index (χ1) is 11.5. The quantitative estimate of drug-likeness (QED) is 0.659. The van der Waals surface area contributed by atoms with Crippen molar-refractivity contribution in [3.05, 3.63) is 87.7 Å². The summed E-state index contributed by atoms with van der Waals surface area (Å²) in [5, 5.41) is 10.4. The first-order valence-electron chi connectivity index (χ1n) is 7.71. The highest BCUT2D eigenvalue weighted by Gasteiger charge is 2.24. The Labute approximate surface area is 149 Å². The molecule has 3 nitrogen and oxygen atoms in total. The van der Waals surface area contributed by atoms with Crippen molar-refractivity contribution in [2.75, 3.05) is 0 Å². The third-order valence-electron chi connectivity index (χ3n) is 4.15. The minimum atomic E-state index is -1.15. The number of Topliss-reactive ketones (excluding diaryl/α,β-unsaturated/α-hetero) is 1. The van der Waals surface area contributed by atoms with Gasteiger partial charge >= 0.3 is 0 Å². The molecule has 0 aliphatic heterocycles. The first-order valence-corrected chi connectivity index (χ1v) is 8.50. The molecule has 1 aromatic heterocycles. The van der Waals surface area contributed by atoms with Crippen molar-refractivity contribution in [3.63, 3.8) is 0 Å². The van der Waals surface area contributed by atoms with Gasteiger partial charge in [0.15, 0.2) is 5.78 Å². The summed E-state index contributed by atoms with van der Waals surface area (Å²) < 4.78 is 3.03. The summed E-state index contributed by atoms with van der Waals surface area (Å²) in [6.07, 6.45) is -1.15. The van der Waals surface area contributed by atoms with Crippen LogP contribution in [0, 0.1) is 13.8 Å². The van der Waals surface area contributed by atoms with Crippen LogP contribution in [-0.2, 0) is 0 Å². The number of ketones is 1. The zero-order chi connectivity index (χ0) is 17.3. The van der Waals surface area contributed by atoms with Crippen LogP contribution in [0.25, 0.3) is 5.69 Å². The van der Waals surface area contributed by atoms with Crippen LogP contribution in [0.15, 0.2) is 65.1 Å². The average Bonchev–Trinajstić information content (AvgIpc) is 2.90. The van der Waals surface area contributed by atoms with Gasteiger partial charge in [-0.15, -0.1) is 0 Å². The molecule has 0 spiro atoms. The molecule has 0 amide bonds. The van der Waals surface area contributed by atoms with E-state index in [4.69, 9.17) is 0 Å². The molecule has 24 heavy (non-hydrogen) atoms. The van der Waals surface area contributed by atoms with E-state index >= 15 is 0 Å². The van der Waals surface area contributed by atoms with E-state index in [0.717, 1.165) is 21.5 Å². The van der Waals surface area contributed by atoms with Crippen molar-refractivity contribution in [2.45, 2.75) is 20.0 Å².